The number of amides is 1. The predicted octanol–water partition coefficient (Wildman–Crippen LogP) is 1.73. The van der Waals surface area contributed by atoms with E-state index in [2.05, 4.69) is 14.8 Å². The summed E-state index contributed by atoms with van der Waals surface area (Å²) in [7, 11) is 0. The Balaban J connectivity index is 1.37. The zero-order valence-electron chi connectivity index (χ0n) is 14.3. The molecule has 0 radical (unpaired) electrons. The molecule has 5 nitrogen and oxygen atoms in total. The molecule has 0 saturated carbocycles. The number of carbonyl (C=O) groups excluding carboxylic acids is 1. The van der Waals surface area contributed by atoms with Gasteiger partial charge >= 0.3 is 0 Å². The van der Waals surface area contributed by atoms with Crippen molar-refractivity contribution >= 4 is 5.91 Å². The molecule has 1 aromatic rings. The largest absolute Gasteiger partial charge is 0.380 e. The standard InChI is InChI=1S/C19H27N3O2/c23-18(11-16-3-1-7-20-12-16)22-8-2-5-19(15-22)6-9-21(14-19)17-4-10-24-13-17/h1,3,7,12,17H,2,4-6,8-11,13-15H2/t17-,19-/m0/s1. The van der Waals surface area contributed by atoms with Crippen molar-refractivity contribution in [1.29, 1.82) is 0 Å². The summed E-state index contributed by atoms with van der Waals surface area (Å²) < 4.78 is 5.56. The van der Waals surface area contributed by atoms with E-state index in [0.717, 1.165) is 44.8 Å². The Hall–Kier alpha value is -1.46. The van der Waals surface area contributed by atoms with Gasteiger partial charge in [0.1, 0.15) is 0 Å². The summed E-state index contributed by atoms with van der Waals surface area (Å²) in [6, 6.07) is 4.49. The summed E-state index contributed by atoms with van der Waals surface area (Å²) in [5.41, 5.74) is 1.32. The van der Waals surface area contributed by atoms with Crippen LogP contribution in [0.15, 0.2) is 24.5 Å². The van der Waals surface area contributed by atoms with E-state index in [1.807, 2.05) is 12.1 Å². The number of aromatic nitrogens is 1. The first-order valence-electron chi connectivity index (χ1n) is 9.23. The Kier molecular flexibility index (Phi) is 4.55. The summed E-state index contributed by atoms with van der Waals surface area (Å²) in [4.78, 5) is 21.5. The number of rotatable bonds is 3. The molecule has 1 spiro atoms. The van der Waals surface area contributed by atoms with Crippen LogP contribution in [0.1, 0.15) is 31.2 Å². The summed E-state index contributed by atoms with van der Waals surface area (Å²) in [5, 5.41) is 0. The van der Waals surface area contributed by atoms with Crippen molar-refractivity contribution in [2.24, 2.45) is 5.41 Å². The molecule has 3 aliphatic rings. The lowest BCUT2D eigenvalue weighted by atomic mass is 9.79. The zero-order valence-corrected chi connectivity index (χ0v) is 14.3. The lowest BCUT2D eigenvalue weighted by molar-refractivity contribution is -0.133. The van der Waals surface area contributed by atoms with Crippen LogP contribution in [0, 0.1) is 5.41 Å². The average Bonchev–Trinajstić information content (AvgIpc) is 3.26. The first-order chi connectivity index (χ1) is 11.7. The van der Waals surface area contributed by atoms with Gasteiger partial charge < -0.3 is 9.64 Å². The summed E-state index contributed by atoms with van der Waals surface area (Å²) in [5.74, 6) is 0.254. The fraction of sp³-hybridized carbons (Fsp3) is 0.684. The summed E-state index contributed by atoms with van der Waals surface area (Å²) in [6.45, 7) is 5.93. The molecule has 0 aromatic carbocycles. The van der Waals surface area contributed by atoms with E-state index in [1.165, 1.54) is 25.8 Å². The third-order valence-electron chi connectivity index (χ3n) is 5.98. The number of nitrogens with zero attached hydrogens (tertiary/aromatic N) is 3. The molecule has 0 bridgehead atoms. The van der Waals surface area contributed by atoms with Crippen molar-refractivity contribution in [1.82, 2.24) is 14.8 Å². The second-order valence-electron chi connectivity index (χ2n) is 7.69. The van der Waals surface area contributed by atoms with Gasteiger partial charge in [0.25, 0.3) is 0 Å². The smallest absolute Gasteiger partial charge is 0.227 e. The Morgan fingerprint density at radius 1 is 1.33 bits per heavy atom. The lowest BCUT2D eigenvalue weighted by Gasteiger charge is -2.41. The topological polar surface area (TPSA) is 45.7 Å². The number of likely N-dealkylation sites (tertiary alicyclic amines) is 2. The molecule has 130 valence electrons. The van der Waals surface area contributed by atoms with Crippen molar-refractivity contribution in [3.05, 3.63) is 30.1 Å². The van der Waals surface area contributed by atoms with Crippen LogP contribution in [0.25, 0.3) is 0 Å². The van der Waals surface area contributed by atoms with Gasteiger partial charge in [-0.3, -0.25) is 14.7 Å². The fourth-order valence-electron chi connectivity index (χ4n) is 4.63. The fourth-order valence-corrected chi connectivity index (χ4v) is 4.63. The Labute approximate surface area is 144 Å². The van der Waals surface area contributed by atoms with Gasteiger partial charge in [0.15, 0.2) is 0 Å². The van der Waals surface area contributed by atoms with Gasteiger partial charge in [-0.15, -0.1) is 0 Å². The van der Waals surface area contributed by atoms with Crippen LogP contribution >= 0.6 is 0 Å². The van der Waals surface area contributed by atoms with Gasteiger partial charge in [0.2, 0.25) is 5.91 Å². The highest BCUT2D eigenvalue weighted by atomic mass is 16.5. The number of pyridine rings is 1. The second kappa shape index (κ2) is 6.81. The monoisotopic (exact) mass is 329 g/mol. The number of carbonyl (C=O) groups is 1. The minimum absolute atomic E-state index is 0.254. The number of hydrogen-bond acceptors (Lipinski definition) is 4. The highest BCUT2D eigenvalue weighted by Gasteiger charge is 2.44. The van der Waals surface area contributed by atoms with Crippen molar-refractivity contribution in [3.8, 4) is 0 Å². The molecule has 0 N–H and O–H groups in total. The highest BCUT2D eigenvalue weighted by Crippen LogP contribution is 2.40. The van der Waals surface area contributed by atoms with E-state index in [-0.39, 0.29) is 5.91 Å². The first-order valence-corrected chi connectivity index (χ1v) is 9.23. The molecule has 1 amide bonds. The predicted molar refractivity (Wildman–Crippen MR) is 91.6 cm³/mol. The average molecular weight is 329 g/mol. The van der Waals surface area contributed by atoms with Crippen LogP contribution in [0.3, 0.4) is 0 Å². The first kappa shape index (κ1) is 16.0. The molecule has 4 rings (SSSR count). The molecule has 2 atom stereocenters. The van der Waals surface area contributed by atoms with Crippen LogP contribution in [-0.2, 0) is 16.0 Å². The van der Waals surface area contributed by atoms with Gasteiger partial charge in [0, 0.05) is 50.1 Å². The van der Waals surface area contributed by atoms with Crippen molar-refractivity contribution < 1.29 is 9.53 Å². The van der Waals surface area contributed by atoms with Crippen LogP contribution in [0.5, 0.6) is 0 Å². The lowest BCUT2D eigenvalue weighted by Crippen LogP contribution is -2.48. The van der Waals surface area contributed by atoms with Crippen molar-refractivity contribution in [3.63, 3.8) is 0 Å². The van der Waals surface area contributed by atoms with Crippen LogP contribution < -0.4 is 0 Å². The van der Waals surface area contributed by atoms with Gasteiger partial charge in [-0.1, -0.05) is 6.07 Å². The van der Waals surface area contributed by atoms with Gasteiger partial charge in [-0.05, 0) is 43.9 Å². The van der Waals surface area contributed by atoms with Crippen LogP contribution in [-0.4, -0.2) is 66.1 Å². The van der Waals surface area contributed by atoms with E-state index >= 15 is 0 Å². The Bertz CT molecular complexity index is 573. The minimum atomic E-state index is 0.254. The van der Waals surface area contributed by atoms with E-state index in [0.29, 0.717) is 17.9 Å². The molecule has 3 fully saturated rings. The van der Waals surface area contributed by atoms with Crippen LogP contribution in [0.2, 0.25) is 0 Å². The maximum atomic E-state index is 12.7. The minimum Gasteiger partial charge on any atom is -0.380 e. The maximum absolute atomic E-state index is 12.7. The molecule has 0 unspecified atom stereocenters. The second-order valence-corrected chi connectivity index (χ2v) is 7.69. The third kappa shape index (κ3) is 3.33. The molecule has 3 saturated heterocycles. The Morgan fingerprint density at radius 3 is 3.08 bits per heavy atom. The number of piperidine rings is 1. The number of ether oxygens (including phenoxy) is 1. The Morgan fingerprint density at radius 2 is 2.29 bits per heavy atom. The maximum Gasteiger partial charge on any atom is 0.227 e. The molecular weight excluding hydrogens is 302 g/mol. The SMILES string of the molecule is O=C(Cc1cccnc1)N1CCC[C@@]2(CCN([C@H]3CCOC3)C2)C1. The molecular formula is C19H27N3O2. The van der Waals surface area contributed by atoms with Crippen molar-refractivity contribution in [2.45, 2.75) is 38.1 Å². The van der Waals surface area contributed by atoms with Gasteiger partial charge in [-0.25, -0.2) is 0 Å². The van der Waals surface area contributed by atoms with E-state index < -0.39 is 0 Å². The summed E-state index contributed by atoms with van der Waals surface area (Å²) in [6.07, 6.45) is 8.81. The number of hydrogen-bond donors (Lipinski definition) is 0. The molecule has 1 aromatic heterocycles. The molecule has 4 heterocycles. The van der Waals surface area contributed by atoms with E-state index in [1.54, 1.807) is 12.4 Å². The summed E-state index contributed by atoms with van der Waals surface area (Å²) >= 11 is 0. The zero-order chi connectivity index (χ0) is 16.4. The van der Waals surface area contributed by atoms with Crippen molar-refractivity contribution in [2.75, 3.05) is 39.4 Å². The van der Waals surface area contributed by atoms with Gasteiger partial charge in [0.05, 0.1) is 13.0 Å². The van der Waals surface area contributed by atoms with E-state index in [4.69, 9.17) is 4.74 Å². The third-order valence-corrected chi connectivity index (χ3v) is 5.98. The highest BCUT2D eigenvalue weighted by molar-refractivity contribution is 5.78. The molecule has 0 aliphatic carbocycles. The molecule has 3 aliphatic heterocycles. The van der Waals surface area contributed by atoms with Gasteiger partial charge in [-0.2, -0.15) is 0 Å². The quantitative estimate of drug-likeness (QED) is 0.847. The normalized spacial score (nSPS) is 31.0. The molecule has 5 heteroatoms. The molecule has 24 heavy (non-hydrogen) atoms. The van der Waals surface area contributed by atoms with E-state index in [9.17, 15) is 4.79 Å². The van der Waals surface area contributed by atoms with Crippen LogP contribution in [0.4, 0.5) is 0 Å².